The van der Waals surface area contributed by atoms with E-state index in [0.29, 0.717) is 6.04 Å². The molecule has 0 radical (unpaired) electrons. The molecule has 0 aromatic heterocycles. The molecule has 1 fully saturated rings. The van der Waals surface area contributed by atoms with E-state index < -0.39 is 0 Å². The highest BCUT2D eigenvalue weighted by molar-refractivity contribution is 5.46. The van der Waals surface area contributed by atoms with E-state index in [4.69, 9.17) is 0 Å². The van der Waals surface area contributed by atoms with Crippen molar-refractivity contribution in [3.05, 3.63) is 29.8 Å². The lowest BCUT2D eigenvalue weighted by Crippen LogP contribution is -2.19. The second kappa shape index (κ2) is 8.31. The van der Waals surface area contributed by atoms with Gasteiger partial charge in [-0.2, -0.15) is 0 Å². The first-order chi connectivity index (χ1) is 9.78. The third-order valence-corrected chi connectivity index (χ3v) is 4.19. The van der Waals surface area contributed by atoms with Gasteiger partial charge in [0, 0.05) is 18.3 Å². The largest absolute Gasteiger partial charge is 0.383 e. The summed E-state index contributed by atoms with van der Waals surface area (Å²) in [6, 6.07) is 9.54. The molecule has 0 saturated carbocycles. The minimum absolute atomic E-state index is 0.573. The Balaban J connectivity index is 1.82. The van der Waals surface area contributed by atoms with Crippen molar-refractivity contribution in [1.82, 2.24) is 4.90 Å². The fourth-order valence-electron chi connectivity index (χ4n) is 3.02. The topological polar surface area (TPSA) is 15.3 Å². The highest BCUT2D eigenvalue weighted by Crippen LogP contribution is 2.17. The van der Waals surface area contributed by atoms with Gasteiger partial charge in [0.25, 0.3) is 0 Å². The zero-order chi connectivity index (χ0) is 14.2. The Kier molecular flexibility index (Phi) is 6.38. The van der Waals surface area contributed by atoms with Gasteiger partial charge in [0.15, 0.2) is 0 Å². The molecule has 20 heavy (non-hydrogen) atoms. The highest BCUT2D eigenvalue weighted by atomic mass is 15.1. The monoisotopic (exact) mass is 274 g/mol. The van der Waals surface area contributed by atoms with Gasteiger partial charge >= 0.3 is 0 Å². The molecule has 1 heterocycles. The molecule has 1 N–H and O–H groups in total. The van der Waals surface area contributed by atoms with Gasteiger partial charge in [0.1, 0.15) is 0 Å². The predicted molar refractivity (Wildman–Crippen MR) is 88.2 cm³/mol. The number of nitrogens with zero attached hydrogens (tertiary/aromatic N) is 1. The average molecular weight is 274 g/mol. The molecule has 1 atom stereocenters. The van der Waals surface area contributed by atoms with Crippen LogP contribution in [0, 0.1) is 0 Å². The zero-order valence-electron chi connectivity index (χ0n) is 13.2. The van der Waals surface area contributed by atoms with Crippen LogP contribution in [0.25, 0.3) is 0 Å². The van der Waals surface area contributed by atoms with E-state index in [2.05, 4.69) is 48.3 Å². The third-order valence-electron chi connectivity index (χ3n) is 4.19. The molecule has 2 heteroatoms. The summed E-state index contributed by atoms with van der Waals surface area (Å²) in [7, 11) is 0. The third kappa shape index (κ3) is 5.16. The van der Waals surface area contributed by atoms with Crippen molar-refractivity contribution in [2.45, 2.75) is 65.0 Å². The van der Waals surface area contributed by atoms with Crippen LogP contribution in [-0.2, 0) is 6.54 Å². The van der Waals surface area contributed by atoms with Crippen molar-refractivity contribution < 1.29 is 0 Å². The Labute approximate surface area is 124 Å². The summed E-state index contributed by atoms with van der Waals surface area (Å²) in [5.74, 6) is 0. The zero-order valence-corrected chi connectivity index (χ0v) is 13.2. The molecule has 0 bridgehead atoms. The molecule has 1 aromatic rings. The Bertz CT molecular complexity index is 383. The summed E-state index contributed by atoms with van der Waals surface area (Å²) in [6.07, 6.45) is 7.99. The summed E-state index contributed by atoms with van der Waals surface area (Å²) < 4.78 is 0. The Hall–Kier alpha value is -1.02. The first kappa shape index (κ1) is 15.4. The minimum Gasteiger partial charge on any atom is -0.383 e. The number of hydrogen-bond donors (Lipinski definition) is 1. The summed E-state index contributed by atoms with van der Waals surface area (Å²) >= 11 is 0. The van der Waals surface area contributed by atoms with Gasteiger partial charge in [-0.15, -0.1) is 0 Å². The smallest absolute Gasteiger partial charge is 0.0345 e. The van der Waals surface area contributed by atoms with Gasteiger partial charge in [-0.05, 0) is 57.0 Å². The Morgan fingerprint density at radius 3 is 2.75 bits per heavy atom. The average Bonchev–Trinajstić information content (AvgIpc) is 2.92. The van der Waals surface area contributed by atoms with E-state index in [-0.39, 0.29) is 0 Å². The SMILES string of the molecule is CCCCCC(C)Nc1cccc(CN2CCCC2)c1. The molecule has 0 aliphatic carbocycles. The molecule has 1 aliphatic heterocycles. The fourth-order valence-corrected chi connectivity index (χ4v) is 3.02. The number of rotatable bonds is 8. The van der Waals surface area contributed by atoms with E-state index in [1.54, 1.807) is 0 Å². The number of hydrogen-bond acceptors (Lipinski definition) is 2. The molecular weight excluding hydrogens is 244 g/mol. The molecule has 0 amide bonds. The predicted octanol–water partition coefficient (Wildman–Crippen LogP) is 4.66. The minimum atomic E-state index is 0.573. The van der Waals surface area contributed by atoms with Crippen LogP contribution in [0.3, 0.4) is 0 Å². The quantitative estimate of drug-likeness (QED) is 0.693. The van der Waals surface area contributed by atoms with Gasteiger partial charge in [-0.25, -0.2) is 0 Å². The van der Waals surface area contributed by atoms with E-state index in [1.807, 2.05) is 0 Å². The van der Waals surface area contributed by atoms with Crippen molar-refractivity contribution >= 4 is 5.69 Å². The standard InChI is InChI=1S/C18H30N2/c1-3-4-5-9-16(2)19-18-11-8-10-17(14-18)15-20-12-6-7-13-20/h8,10-11,14,16,19H,3-7,9,12-13,15H2,1-2H3. The van der Waals surface area contributed by atoms with Gasteiger partial charge in [0.05, 0.1) is 0 Å². The van der Waals surface area contributed by atoms with Gasteiger partial charge in [0.2, 0.25) is 0 Å². The van der Waals surface area contributed by atoms with Crippen molar-refractivity contribution in [3.8, 4) is 0 Å². The summed E-state index contributed by atoms with van der Waals surface area (Å²) in [5.41, 5.74) is 2.73. The van der Waals surface area contributed by atoms with Gasteiger partial charge in [-0.3, -0.25) is 4.90 Å². The first-order valence-electron chi connectivity index (χ1n) is 8.35. The maximum atomic E-state index is 3.65. The van der Waals surface area contributed by atoms with E-state index >= 15 is 0 Å². The van der Waals surface area contributed by atoms with Crippen LogP contribution in [-0.4, -0.2) is 24.0 Å². The molecule has 0 spiro atoms. The second-order valence-electron chi connectivity index (χ2n) is 6.22. The van der Waals surface area contributed by atoms with Crippen LogP contribution in [0.15, 0.2) is 24.3 Å². The van der Waals surface area contributed by atoms with Crippen LogP contribution < -0.4 is 5.32 Å². The van der Waals surface area contributed by atoms with E-state index in [9.17, 15) is 0 Å². The molecule has 2 nitrogen and oxygen atoms in total. The van der Waals surface area contributed by atoms with E-state index in [0.717, 1.165) is 6.54 Å². The summed E-state index contributed by atoms with van der Waals surface area (Å²) in [6.45, 7) is 8.21. The lowest BCUT2D eigenvalue weighted by atomic mass is 10.1. The second-order valence-corrected chi connectivity index (χ2v) is 6.22. The van der Waals surface area contributed by atoms with Crippen LogP contribution in [0.5, 0.6) is 0 Å². The number of nitrogens with one attached hydrogen (secondary N) is 1. The molecule has 1 unspecified atom stereocenters. The van der Waals surface area contributed by atoms with Crippen molar-refractivity contribution in [1.29, 1.82) is 0 Å². The van der Waals surface area contributed by atoms with Crippen LogP contribution >= 0.6 is 0 Å². The number of likely N-dealkylation sites (tertiary alicyclic amines) is 1. The van der Waals surface area contributed by atoms with Crippen molar-refractivity contribution in [2.24, 2.45) is 0 Å². The molecule has 1 saturated heterocycles. The van der Waals surface area contributed by atoms with Crippen LogP contribution in [0.1, 0.15) is 57.9 Å². The van der Waals surface area contributed by atoms with E-state index in [1.165, 1.54) is 62.9 Å². The number of anilines is 1. The van der Waals surface area contributed by atoms with Crippen molar-refractivity contribution in [2.75, 3.05) is 18.4 Å². The maximum Gasteiger partial charge on any atom is 0.0345 e. The summed E-state index contributed by atoms with van der Waals surface area (Å²) in [5, 5.41) is 3.65. The molecule has 112 valence electrons. The lowest BCUT2D eigenvalue weighted by molar-refractivity contribution is 0.331. The Morgan fingerprint density at radius 1 is 1.20 bits per heavy atom. The lowest BCUT2D eigenvalue weighted by Gasteiger charge is -2.18. The number of unbranched alkanes of at least 4 members (excludes halogenated alkanes) is 2. The molecule has 1 aliphatic rings. The van der Waals surface area contributed by atoms with Crippen LogP contribution in [0.2, 0.25) is 0 Å². The van der Waals surface area contributed by atoms with Gasteiger partial charge < -0.3 is 5.32 Å². The normalized spacial score (nSPS) is 17.3. The molecular formula is C18H30N2. The van der Waals surface area contributed by atoms with Crippen LogP contribution in [0.4, 0.5) is 5.69 Å². The molecule has 1 aromatic carbocycles. The number of benzene rings is 1. The Morgan fingerprint density at radius 2 is 2.00 bits per heavy atom. The molecule has 2 rings (SSSR count). The van der Waals surface area contributed by atoms with Gasteiger partial charge in [-0.1, -0.05) is 38.3 Å². The maximum absolute atomic E-state index is 3.65. The van der Waals surface area contributed by atoms with Crippen molar-refractivity contribution in [3.63, 3.8) is 0 Å². The highest BCUT2D eigenvalue weighted by Gasteiger charge is 2.11. The fraction of sp³-hybridized carbons (Fsp3) is 0.667. The summed E-state index contributed by atoms with van der Waals surface area (Å²) in [4.78, 5) is 2.56. The first-order valence-corrected chi connectivity index (χ1v) is 8.35.